The molecule has 0 radical (unpaired) electrons. The molecule has 2 N–H and O–H groups in total. The Labute approximate surface area is 110 Å². The number of aromatic nitrogens is 3. The Hall–Kier alpha value is -2.36. The van der Waals surface area contributed by atoms with Crippen molar-refractivity contribution in [2.24, 2.45) is 0 Å². The number of benzene rings is 1. The molecule has 2 heterocycles. The molecule has 0 unspecified atom stereocenters. The summed E-state index contributed by atoms with van der Waals surface area (Å²) in [6, 6.07) is 6.16. The van der Waals surface area contributed by atoms with Gasteiger partial charge in [-0.3, -0.25) is 4.79 Å². The molecular weight excluding hydrogens is 238 g/mol. The predicted octanol–water partition coefficient (Wildman–Crippen LogP) is 3.30. The van der Waals surface area contributed by atoms with Crippen LogP contribution < -0.4 is 0 Å². The standard InChI is InChI=1S/C15H15N3O/c1-8-5-4-6-11-13(8)14(10(3)16-11)15-17-9(2)12(7-19)18-15/h4-7,16H,1-3H3,(H,17,18). The Kier molecular flexibility index (Phi) is 2.52. The van der Waals surface area contributed by atoms with Crippen LogP contribution in [0.2, 0.25) is 0 Å². The van der Waals surface area contributed by atoms with Crippen molar-refractivity contribution in [3.63, 3.8) is 0 Å². The molecule has 0 aliphatic rings. The zero-order chi connectivity index (χ0) is 13.6. The number of imidazole rings is 1. The second-order valence-electron chi connectivity index (χ2n) is 4.84. The zero-order valence-corrected chi connectivity index (χ0v) is 11.2. The molecule has 3 aromatic rings. The van der Waals surface area contributed by atoms with Gasteiger partial charge in [0.05, 0.1) is 0 Å². The van der Waals surface area contributed by atoms with E-state index >= 15 is 0 Å². The number of fused-ring (bicyclic) bond motifs is 1. The van der Waals surface area contributed by atoms with E-state index in [1.807, 2.05) is 19.9 Å². The van der Waals surface area contributed by atoms with Crippen LogP contribution >= 0.6 is 0 Å². The van der Waals surface area contributed by atoms with Gasteiger partial charge in [-0.25, -0.2) is 4.98 Å². The van der Waals surface area contributed by atoms with E-state index in [0.717, 1.165) is 40.0 Å². The minimum atomic E-state index is 0.470. The van der Waals surface area contributed by atoms with E-state index in [-0.39, 0.29) is 0 Å². The van der Waals surface area contributed by atoms with E-state index in [9.17, 15) is 4.79 Å². The number of nitrogens with one attached hydrogen (secondary N) is 2. The van der Waals surface area contributed by atoms with Crippen molar-refractivity contribution in [3.05, 3.63) is 40.8 Å². The molecule has 1 aromatic carbocycles. The third kappa shape index (κ3) is 1.68. The van der Waals surface area contributed by atoms with E-state index < -0.39 is 0 Å². The lowest BCUT2D eigenvalue weighted by molar-refractivity contribution is 0.111. The molecule has 0 fully saturated rings. The molecule has 2 aromatic heterocycles. The van der Waals surface area contributed by atoms with Crippen molar-refractivity contribution < 1.29 is 4.79 Å². The van der Waals surface area contributed by atoms with Crippen LogP contribution in [0.1, 0.15) is 27.4 Å². The number of H-pyrrole nitrogens is 2. The number of carbonyl (C=O) groups excluding carboxylic acids is 1. The monoisotopic (exact) mass is 253 g/mol. The van der Waals surface area contributed by atoms with Crippen LogP contribution in [0, 0.1) is 20.8 Å². The van der Waals surface area contributed by atoms with Gasteiger partial charge in [0.1, 0.15) is 11.5 Å². The molecule has 0 aliphatic heterocycles. The van der Waals surface area contributed by atoms with Crippen LogP contribution in [0.5, 0.6) is 0 Å². The Bertz CT molecular complexity index is 780. The molecule has 19 heavy (non-hydrogen) atoms. The smallest absolute Gasteiger partial charge is 0.170 e. The van der Waals surface area contributed by atoms with E-state index in [1.54, 1.807) is 0 Å². The highest BCUT2D eigenvalue weighted by Crippen LogP contribution is 2.32. The summed E-state index contributed by atoms with van der Waals surface area (Å²) in [6.45, 7) is 5.96. The number of rotatable bonds is 2. The summed E-state index contributed by atoms with van der Waals surface area (Å²) in [7, 11) is 0. The van der Waals surface area contributed by atoms with Crippen LogP contribution in [0.3, 0.4) is 0 Å². The van der Waals surface area contributed by atoms with Crippen molar-refractivity contribution in [1.29, 1.82) is 0 Å². The second-order valence-corrected chi connectivity index (χ2v) is 4.84. The first-order chi connectivity index (χ1) is 9.11. The van der Waals surface area contributed by atoms with Gasteiger partial charge < -0.3 is 9.97 Å². The van der Waals surface area contributed by atoms with Crippen LogP contribution in [-0.2, 0) is 0 Å². The first-order valence-corrected chi connectivity index (χ1v) is 6.22. The molecule has 0 aliphatic carbocycles. The highest BCUT2D eigenvalue weighted by atomic mass is 16.1. The second kappa shape index (κ2) is 4.09. The Morgan fingerprint density at radius 2 is 1.89 bits per heavy atom. The maximum Gasteiger partial charge on any atom is 0.170 e. The van der Waals surface area contributed by atoms with Crippen LogP contribution in [0.25, 0.3) is 22.3 Å². The summed E-state index contributed by atoms with van der Waals surface area (Å²) >= 11 is 0. The third-order valence-electron chi connectivity index (χ3n) is 3.49. The summed E-state index contributed by atoms with van der Waals surface area (Å²) in [6.07, 6.45) is 0.784. The summed E-state index contributed by atoms with van der Waals surface area (Å²) in [4.78, 5) is 21.9. The molecule has 4 nitrogen and oxygen atoms in total. The lowest BCUT2D eigenvalue weighted by atomic mass is 10.1. The summed E-state index contributed by atoms with van der Waals surface area (Å²) < 4.78 is 0. The molecule has 4 heteroatoms. The number of hydrogen-bond donors (Lipinski definition) is 2. The van der Waals surface area contributed by atoms with Crippen LogP contribution in [0.15, 0.2) is 18.2 Å². The summed E-state index contributed by atoms with van der Waals surface area (Å²) in [5, 5.41) is 1.16. The largest absolute Gasteiger partial charge is 0.358 e. The van der Waals surface area contributed by atoms with Crippen molar-refractivity contribution in [2.45, 2.75) is 20.8 Å². The number of nitrogens with zero attached hydrogens (tertiary/aromatic N) is 1. The van der Waals surface area contributed by atoms with Gasteiger partial charge in [0, 0.05) is 27.9 Å². The van der Waals surface area contributed by atoms with E-state index in [1.165, 1.54) is 5.56 Å². The van der Waals surface area contributed by atoms with Crippen molar-refractivity contribution in [1.82, 2.24) is 15.0 Å². The van der Waals surface area contributed by atoms with E-state index in [0.29, 0.717) is 5.69 Å². The van der Waals surface area contributed by atoms with Crippen molar-refractivity contribution in [3.8, 4) is 11.4 Å². The van der Waals surface area contributed by atoms with Gasteiger partial charge in [-0.15, -0.1) is 0 Å². The van der Waals surface area contributed by atoms with Gasteiger partial charge in [0.15, 0.2) is 6.29 Å². The molecule has 0 saturated carbocycles. The van der Waals surface area contributed by atoms with Gasteiger partial charge in [-0.05, 0) is 32.4 Å². The Morgan fingerprint density at radius 3 is 2.58 bits per heavy atom. The molecule has 0 bridgehead atoms. The maximum absolute atomic E-state index is 10.9. The highest BCUT2D eigenvalue weighted by Gasteiger charge is 2.16. The molecule has 0 saturated heterocycles. The minimum Gasteiger partial charge on any atom is -0.358 e. The Balaban J connectivity index is 2.35. The van der Waals surface area contributed by atoms with Gasteiger partial charge in [0.2, 0.25) is 0 Å². The van der Waals surface area contributed by atoms with Gasteiger partial charge in [-0.1, -0.05) is 12.1 Å². The fourth-order valence-corrected chi connectivity index (χ4v) is 2.56. The predicted molar refractivity (Wildman–Crippen MR) is 75.5 cm³/mol. The molecule has 3 rings (SSSR count). The quantitative estimate of drug-likeness (QED) is 0.688. The summed E-state index contributed by atoms with van der Waals surface area (Å²) in [5.41, 5.74) is 5.65. The highest BCUT2D eigenvalue weighted by molar-refractivity contribution is 5.98. The average molecular weight is 253 g/mol. The number of carbonyl (C=O) groups is 1. The maximum atomic E-state index is 10.9. The SMILES string of the molecule is Cc1[nH]c(-c2c(C)[nH]c3cccc(C)c23)nc1C=O. The van der Waals surface area contributed by atoms with Gasteiger partial charge in [0.25, 0.3) is 0 Å². The normalized spacial score (nSPS) is 11.1. The van der Waals surface area contributed by atoms with E-state index in [2.05, 4.69) is 34.0 Å². The first kappa shape index (κ1) is 11.7. The fourth-order valence-electron chi connectivity index (χ4n) is 2.56. The fraction of sp³-hybridized carbons (Fsp3) is 0.200. The van der Waals surface area contributed by atoms with Crippen LogP contribution in [-0.4, -0.2) is 21.2 Å². The molecule has 0 spiro atoms. The molecule has 96 valence electrons. The van der Waals surface area contributed by atoms with E-state index in [4.69, 9.17) is 0 Å². The number of aromatic amines is 2. The number of hydrogen-bond acceptors (Lipinski definition) is 2. The number of aryl methyl sites for hydroxylation is 3. The molecule has 0 amide bonds. The van der Waals surface area contributed by atoms with Crippen molar-refractivity contribution in [2.75, 3.05) is 0 Å². The molecule has 0 atom stereocenters. The lowest BCUT2D eigenvalue weighted by Gasteiger charge is -2.00. The van der Waals surface area contributed by atoms with Crippen LogP contribution in [0.4, 0.5) is 0 Å². The van der Waals surface area contributed by atoms with Crippen molar-refractivity contribution >= 4 is 17.2 Å². The van der Waals surface area contributed by atoms with Gasteiger partial charge >= 0.3 is 0 Å². The van der Waals surface area contributed by atoms with Gasteiger partial charge in [-0.2, -0.15) is 0 Å². The molecular formula is C15H15N3O. The number of aldehydes is 1. The first-order valence-electron chi connectivity index (χ1n) is 6.22. The minimum absolute atomic E-state index is 0.470. The topological polar surface area (TPSA) is 61.5 Å². The zero-order valence-electron chi connectivity index (χ0n) is 11.2. The summed E-state index contributed by atoms with van der Waals surface area (Å²) in [5.74, 6) is 0.748. The average Bonchev–Trinajstić information content (AvgIpc) is 2.89. The Morgan fingerprint density at radius 1 is 1.11 bits per heavy atom. The third-order valence-corrected chi connectivity index (χ3v) is 3.49. The lowest BCUT2D eigenvalue weighted by Crippen LogP contribution is -1.85.